The lowest BCUT2D eigenvalue weighted by molar-refractivity contribution is 1.08. The SMILES string of the molecule is c1ccc(-c2nc3c4ccccc4c4ccccc4c3n2-c2cccc(-c3cccc4c3sc3ccccc34)c2)nc1. The van der Waals surface area contributed by atoms with Gasteiger partial charge in [-0.1, -0.05) is 103 Å². The standard InChI is InChI=1S/C38H23N3S/c1-3-16-30-27(13-1)28-14-2-4-17-31(28)36-35(30)40-38(33-20-7-8-22-39-33)41(36)25-12-9-11-24(23-25)26-18-10-19-32-29-15-5-6-21-34(29)42-37(26)32/h1-23H. The molecule has 0 atom stereocenters. The van der Waals surface area contributed by atoms with Crippen molar-refractivity contribution in [3.05, 3.63) is 140 Å². The Morgan fingerprint density at radius 1 is 0.548 bits per heavy atom. The van der Waals surface area contributed by atoms with Crippen LogP contribution in [0.2, 0.25) is 0 Å². The third kappa shape index (κ3) is 3.39. The summed E-state index contributed by atoms with van der Waals surface area (Å²) in [4.78, 5) is 10.1. The van der Waals surface area contributed by atoms with Gasteiger partial charge in [0.05, 0.1) is 11.0 Å². The zero-order valence-corrected chi connectivity index (χ0v) is 23.3. The fourth-order valence-corrected chi connectivity index (χ4v) is 7.65. The van der Waals surface area contributed by atoms with E-state index in [4.69, 9.17) is 9.97 Å². The molecule has 9 aromatic rings. The van der Waals surface area contributed by atoms with Crippen LogP contribution in [0.4, 0.5) is 0 Å². The molecule has 0 saturated heterocycles. The zero-order valence-electron chi connectivity index (χ0n) is 22.5. The average Bonchev–Trinajstić information content (AvgIpc) is 3.65. The molecule has 0 radical (unpaired) electrons. The first-order chi connectivity index (χ1) is 20.8. The van der Waals surface area contributed by atoms with Gasteiger partial charge in [-0.15, -0.1) is 11.3 Å². The molecule has 0 spiro atoms. The molecular weight excluding hydrogens is 531 g/mol. The molecule has 0 fully saturated rings. The normalized spacial score (nSPS) is 11.8. The number of fused-ring (bicyclic) bond motifs is 9. The minimum Gasteiger partial charge on any atom is -0.290 e. The molecule has 3 heterocycles. The van der Waals surface area contributed by atoms with Crippen LogP contribution in [0.5, 0.6) is 0 Å². The van der Waals surface area contributed by atoms with Crippen LogP contribution in [0.3, 0.4) is 0 Å². The predicted molar refractivity (Wildman–Crippen MR) is 178 cm³/mol. The second-order valence-corrected chi connectivity index (χ2v) is 11.7. The second-order valence-electron chi connectivity index (χ2n) is 10.6. The maximum atomic E-state index is 5.32. The third-order valence-corrected chi connectivity index (χ3v) is 9.47. The summed E-state index contributed by atoms with van der Waals surface area (Å²) in [5, 5.41) is 7.37. The highest BCUT2D eigenvalue weighted by Crippen LogP contribution is 2.42. The number of aromatic nitrogens is 3. The van der Waals surface area contributed by atoms with Gasteiger partial charge in [0.15, 0.2) is 5.82 Å². The maximum absolute atomic E-state index is 5.32. The van der Waals surface area contributed by atoms with E-state index in [-0.39, 0.29) is 0 Å². The Kier molecular flexibility index (Phi) is 5.07. The van der Waals surface area contributed by atoms with Crippen LogP contribution in [-0.2, 0) is 0 Å². The lowest BCUT2D eigenvalue weighted by Gasteiger charge is -2.14. The number of thiophene rings is 1. The summed E-state index contributed by atoms with van der Waals surface area (Å²) < 4.78 is 4.93. The van der Waals surface area contributed by atoms with Gasteiger partial charge in [-0.25, -0.2) is 4.98 Å². The van der Waals surface area contributed by atoms with E-state index >= 15 is 0 Å². The summed E-state index contributed by atoms with van der Waals surface area (Å²) in [7, 11) is 0. The fourth-order valence-electron chi connectivity index (χ4n) is 6.41. The van der Waals surface area contributed by atoms with Crippen molar-refractivity contribution >= 4 is 64.1 Å². The van der Waals surface area contributed by atoms with Crippen molar-refractivity contribution in [2.45, 2.75) is 0 Å². The van der Waals surface area contributed by atoms with Crippen molar-refractivity contribution in [3.63, 3.8) is 0 Å². The molecule has 0 saturated carbocycles. The van der Waals surface area contributed by atoms with Gasteiger partial charge in [0.1, 0.15) is 5.69 Å². The third-order valence-electron chi connectivity index (χ3n) is 8.25. The van der Waals surface area contributed by atoms with Crippen molar-refractivity contribution in [2.75, 3.05) is 0 Å². The Morgan fingerprint density at radius 2 is 1.24 bits per heavy atom. The van der Waals surface area contributed by atoms with Gasteiger partial charge < -0.3 is 0 Å². The van der Waals surface area contributed by atoms with Crippen LogP contribution in [0.15, 0.2) is 140 Å². The summed E-state index contributed by atoms with van der Waals surface area (Å²) >= 11 is 1.86. The van der Waals surface area contributed by atoms with Crippen LogP contribution in [0.25, 0.3) is 81.1 Å². The van der Waals surface area contributed by atoms with E-state index in [0.717, 1.165) is 33.6 Å². The summed E-state index contributed by atoms with van der Waals surface area (Å²) in [6.45, 7) is 0. The highest BCUT2D eigenvalue weighted by atomic mass is 32.1. The van der Waals surface area contributed by atoms with Crippen molar-refractivity contribution in [1.29, 1.82) is 0 Å². The van der Waals surface area contributed by atoms with Crippen LogP contribution in [-0.4, -0.2) is 14.5 Å². The zero-order chi connectivity index (χ0) is 27.6. The van der Waals surface area contributed by atoms with Gasteiger partial charge in [-0.2, -0.15) is 0 Å². The number of benzene rings is 6. The Labute approximate surface area is 246 Å². The van der Waals surface area contributed by atoms with Gasteiger partial charge in [0.2, 0.25) is 0 Å². The largest absolute Gasteiger partial charge is 0.290 e. The van der Waals surface area contributed by atoms with Gasteiger partial charge in [0, 0.05) is 42.8 Å². The number of nitrogens with zero attached hydrogens (tertiary/aromatic N) is 3. The van der Waals surface area contributed by atoms with Crippen LogP contribution >= 0.6 is 11.3 Å². The van der Waals surface area contributed by atoms with Gasteiger partial charge in [0.25, 0.3) is 0 Å². The molecule has 6 aromatic carbocycles. The summed E-state index contributed by atoms with van der Waals surface area (Å²) in [5.74, 6) is 0.837. The van der Waals surface area contributed by atoms with Gasteiger partial charge >= 0.3 is 0 Å². The van der Waals surface area contributed by atoms with E-state index in [9.17, 15) is 0 Å². The molecule has 4 heteroatoms. The molecule has 9 rings (SSSR count). The Bertz CT molecular complexity index is 2470. The van der Waals surface area contributed by atoms with Gasteiger partial charge in [-0.3, -0.25) is 9.55 Å². The number of hydrogen-bond acceptors (Lipinski definition) is 3. The fraction of sp³-hybridized carbons (Fsp3) is 0. The lowest BCUT2D eigenvalue weighted by Crippen LogP contribution is -1.99. The average molecular weight is 554 g/mol. The van der Waals surface area contributed by atoms with Crippen molar-refractivity contribution in [1.82, 2.24) is 14.5 Å². The summed E-state index contributed by atoms with van der Waals surface area (Å²) in [5.41, 5.74) is 6.43. The maximum Gasteiger partial charge on any atom is 0.164 e. The Hall–Kier alpha value is -5.32. The Morgan fingerprint density at radius 3 is 2.07 bits per heavy atom. The van der Waals surface area contributed by atoms with Crippen LogP contribution in [0, 0.1) is 0 Å². The van der Waals surface area contributed by atoms with E-state index in [0.29, 0.717) is 0 Å². The van der Waals surface area contributed by atoms with E-state index < -0.39 is 0 Å². The predicted octanol–water partition coefficient (Wildman–Crippen LogP) is 10.4. The molecule has 196 valence electrons. The molecule has 3 aromatic heterocycles. The number of rotatable bonds is 3. The lowest BCUT2D eigenvalue weighted by atomic mass is 9.99. The number of hydrogen-bond donors (Lipinski definition) is 0. The minimum atomic E-state index is 0.837. The van der Waals surface area contributed by atoms with Crippen LogP contribution in [0.1, 0.15) is 0 Å². The highest BCUT2D eigenvalue weighted by Gasteiger charge is 2.21. The first-order valence-corrected chi connectivity index (χ1v) is 14.9. The van der Waals surface area contributed by atoms with Crippen molar-refractivity contribution < 1.29 is 0 Å². The van der Waals surface area contributed by atoms with Gasteiger partial charge in [-0.05, 0) is 52.2 Å². The number of imidazole rings is 1. The van der Waals surface area contributed by atoms with E-state index in [1.54, 1.807) is 0 Å². The second kappa shape index (κ2) is 9.10. The van der Waals surface area contributed by atoms with E-state index in [2.05, 4.69) is 120 Å². The molecule has 42 heavy (non-hydrogen) atoms. The molecule has 0 amide bonds. The molecule has 0 aliphatic rings. The van der Waals surface area contributed by atoms with Crippen molar-refractivity contribution in [3.8, 4) is 28.3 Å². The first-order valence-electron chi connectivity index (χ1n) is 14.1. The topological polar surface area (TPSA) is 30.7 Å². The molecule has 0 aliphatic heterocycles. The molecule has 3 nitrogen and oxygen atoms in total. The summed E-state index contributed by atoms with van der Waals surface area (Å²) in [6.07, 6.45) is 1.84. The monoisotopic (exact) mass is 553 g/mol. The van der Waals surface area contributed by atoms with Crippen LogP contribution < -0.4 is 0 Å². The molecule has 0 bridgehead atoms. The first kappa shape index (κ1) is 23.4. The molecular formula is C38H23N3S. The van der Waals surface area contributed by atoms with Crippen molar-refractivity contribution in [2.24, 2.45) is 0 Å². The molecule has 0 N–H and O–H groups in total. The minimum absolute atomic E-state index is 0.837. The van der Waals surface area contributed by atoms with E-state index in [1.165, 1.54) is 47.5 Å². The Balaban J connectivity index is 1.38. The number of pyridine rings is 1. The highest BCUT2D eigenvalue weighted by molar-refractivity contribution is 7.26. The summed E-state index contributed by atoms with van der Waals surface area (Å²) in [6, 6.07) is 47.5. The smallest absolute Gasteiger partial charge is 0.164 e. The molecule has 0 unspecified atom stereocenters. The van der Waals surface area contributed by atoms with E-state index in [1.807, 2.05) is 35.7 Å². The molecule has 0 aliphatic carbocycles. The quantitative estimate of drug-likeness (QED) is 0.204.